The van der Waals surface area contributed by atoms with Gasteiger partial charge in [-0.1, -0.05) is 51.8 Å². The highest BCUT2D eigenvalue weighted by Gasteiger charge is 2.32. The molecule has 1 aromatic carbocycles. The molecule has 0 aliphatic carbocycles. The summed E-state index contributed by atoms with van der Waals surface area (Å²) in [6.07, 6.45) is 1.25. The van der Waals surface area contributed by atoms with Crippen molar-refractivity contribution in [3.8, 4) is 0 Å². The van der Waals surface area contributed by atoms with Gasteiger partial charge in [-0.2, -0.15) is 0 Å². The molecule has 0 fully saturated rings. The first-order valence-electron chi connectivity index (χ1n) is 6.52. The molecular weight excluding hydrogens is 206 g/mol. The molecule has 2 rings (SSSR count). The predicted octanol–water partition coefficient (Wildman–Crippen LogP) is 5.10. The van der Waals surface area contributed by atoms with Crippen LogP contribution in [0.25, 0.3) is 0 Å². The maximum atomic E-state index is 4.66. The van der Waals surface area contributed by atoms with Crippen LogP contribution >= 0.6 is 0 Å². The third-order valence-corrected chi connectivity index (χ3v) is 3.30. The largest absolute Gasteiger partial charge is 0.257 e. The molecule has 0 bridgehead atoms. The van der Waals surface area contributed by atoms with Crippen LogP contribution in [0.3, 0.4) is 0 Å². The van der Waals surface area contributed by atoms with Crippen LogP contribution in [-0.2, 0) is 5.41 Å². The van der Waals surface area contributed by atoms with Crippen molar-refractivity contribution in [2.24, 2.45) is 4.99 Å². The summed E-state index contributed by atoms with van der Waals surface area (Å²) in [5.74, 6) is 0. The average molecular weight is 231 g/mol. The van der Waals surface area contributed by atoms with E-state index in [0.29, 0.717) is 0 Å². The topological polar surface area (TPSA) is 12.4 Å². The molecule has 0 N–H and O–H groups in total. The lowest BCUT2D eigenvalue weighted by molar-refractivity contribution is 0.732. The number of benzene rings is 1. The maximum absolute atomic E-state index is 4.66. The number of hydrogen-bond donors (Lipinski definition) is 0. The van der Waals surface area contributed by atoms with Crippen molar-refractivity contribution in [3.63, 3.8) is 0 Å². The van der Waals surface area contributed by atoms with Crippen molar-refractivity contribution in [1.82, 2.24) is 0 Å². The second-order valence-electron chi connectivity index (χ2n) is 5.51. The standard InChI is InChI=1S/C13H17N.C3H8/c1-8-6-9(2)12-11(7-8)13(4,5)10(3)14-12;1-3-2/h6-7H,1-5H3;3H2,1-2H3. The SMILES string of the molecule is CC1=Nc2c(C)cc(C)cc2C1(C)C.CCC. The van der Waals surface area contributed by atoms with Gasteiger partial charge in [-0.15, -0.1) is 0 Å². The van der Waals surface area contributed by atoms with Crippen LogP contribution in [0.1, 0.15) is 57.7 Å². The molecule has 0 saturated heterocycles. The van der Waals surface area contributed by atoms with Gasteiger partial charge in [-0.25, -0.2) is 0 Å². The van der Waals surface area contributed by atoms with E-state index in [0.717, 1.165) is 0 Å². The zero-order valence-electron chi connectivity index (χ0n) is 12.3. The molecular formula is C16H25N. The lowest BCUT2D eigenvalue weighted by atomic mass is 9.81. The summed E-state index contributed by atoms with van der Waals surface area (Å²) in [6.45, 7) is 15.2. The van der Waals surface area contributed by atoms with Gasteiger partial charge in [0.05, 0.1) is 5.69 Å². The lowest BCUT2D eigenvalue weighted by Crippen LogP contribution is -2.22. The van der Waals surface area contributed by atoms with Gasteiger partial charge in [0.2, 0.25) is 0 Å². The van der Waals surface area contributed by atoms with Gasteiger partial charge in [0.25, 0.3) is 0 Å². The average Bonchev–Trinajstić information content (AvgIpc) is 2.42. The van der Waals surface area contributed by atoms with Gasteiger partial charge in [0, 0.05) is 11.1 Å². The molecule has 1 heteroatoms. The Morgan fingerprint density at radius 1 is 1.06 bits per heavy atom. The summed E-state index contributed by atoms with van der Waals surface area (Å²) < 4.78 is 0. The molecule has 1 aromatic rings. The van der Waals surface area contributed by atoms with Crippen molar-refractivity contribution >= 4 is 11.4 Å². The first-order valence-corrected chi connectivity index (χ1v) is 6.52. The highest BCUT2D eigenvalue weighted by molar-refractivity contribution is 6.00. The number of rotatable bonds is 0. The van der Waals surface area contributed by atoms with Crippen molar-refractivity contribution in [3.05, 3.63) is 28.8 Å². The number of hydrogen-bond acceptors (Lipinski definition) is 1. The van der Waals surface area contributed by atoms with E-state index in [1.54, 1.807) is 0 Å². The van der Waals surface area contributed by atoms with Crippen molar-refractivity contribution in [2.75, 3.05) is 0 Å². The van der Waals surface area contributed by atoms with Gasteiger partial charge < -0.3 is 0 Å². The first-order chi connectivity index (χ1) is 7.84. The van der Waals surface area contributed by atoms with Crippen LogP contribution < -0.4 is 0 Å². The Morgan fingerprint density at radius 2 is 1.59 bits per heavy atom. The molecule has 0 amide bonds. The molecule has 0 aromatic heterocycles. The lowest BCUT2D eigenvalue weighted by Gasteiger charge is -2.20. The van der Waals surface area contributed by atoms with E-state index in [-0.39, 0.29) is 5.41 Å². The van der Waals surface area contributed by atoms with Crippen LogP contribution in [0.4, 0.5) is 5.69 Å². The smallest absolute Gasteiger partial charge is 0.0699 e. The maximum Gasteiger partial charge on any atom is 0.0699 e. The summed E-state index contributed by atoms with van der Waals surface area (Å²) in [6, 6.07) is 4.47. The summed E-state index contributed by atoms with van der Waals surface area (Å²) in [5.41, 5.74) is 6.54. The number of aryl methyl sites for hydroxylation is 2. The fourth-order valence-corrected chi connectivity index (χ4v) is 2.09. The Hall–Kier alpha value is -1.11. The van der Waals surface area contributed by atoms with E-state index in [2.05, 4.69) is 65.6 Å². The van der Waals surface area contributed by atoms with Crippen LogP contribution in [0.2, 0.25) is 0 Å². The zero-order valence-corrected chi connectivity index (χ0v) is 12.3. The molecule has 1 aliphatic heterocycles. The van der Waals surface area contributed by atoms with Crippen molar-refractivity contribution < 1.29 is 0 Å². The van der Waals surface area contributed by atoms with Gasteiger partial charge in [0.1, 0.15) is 0 Å². The quantitative estimate of drug-likeness (QED) is 0.589. The molecule has 1 nitrogen and oxygen atoms in total. The molecule has 94 valence electrons. The van der Waals surface area contributed by atoms with E-state index < -0.39 is 0 Å². The summed E-state index contributed by atoms with van der Waals surface area (Å²) in [4.78, 5) is 4.66. The Morgan fingerprint density at radius 3 is 2.12 bits per heavy atom. The fourth-order valence-electron chi connectivity index (χ4n) is 2.09. The third kappa shape index (κ3) is 2.59. The Balaban J connectivity index is 0.000000437. The molecule has 1 heterocycles. The Kier molecular flexibility index (Phi) is 4.13. The van der Waals surface area contributed by atoms with Gasteiger partial charge >= 0.3 is 0 Å². The summed E-state index contributed by atoms with van der Waals surface area (Å²) >= 11 is 0. The van der Waals surface area contributed by atoms with Crippen LogP contribution in [-0.4, -0.2) is 5.71 Å². The molecule has 0 atom stereocenters. The minimum Gasteiger partial charge on any atom is -0.257 e. The minimum absolute atomic E-state index is 0.117. The van der Waals surface area contributed by atoms with E-state index in [1.165, 1.54) is 34.5 Å². The van der Waals surface area contributed by atoms with Crippen molar-refractivity contribution in [1.29, 1.82) is 0 Å². The fraction of sp³-hybridized carbons (Fsp3) is 0.562. The van der Waals surface area contributed by atoms with E-state index in [4.69, 9.17) is 0 Å². The third-order valence-electron chi connectivity index (χ3n) is 3.30. The summed E-state index contributed by atoms with van der Waals surface area (Å²) in [5, 5.41) is 0. The highest BCUT2D eigenvalue weighted by Crippen LogP contribution is 2.42. The van der Waals surface area contributed by atoms with Gasteiger partial charge in [-0.05, 0) is 31.9 Å². The zero-order chi connectivity index (χ0) is 13.2. The molecule has 1 aliphatic rings. The number of nitrogens with zero attached hydrogens (tertiary/aromatic N) is 1. The Labute approximate surface area is 106 Å². The predicted molar refractivity (Wildman–Crippen MR) is 77.7 cm³/mol. The van der Waals surface area contributed by atoms with E-state index in [9.17, 15) is 0 Å². The monoisotopic (exact) mass is 231 g/mol. The summed E-state index contributed by atoms with van der Waals surface area (Å²) in [7, 11) is 0. The number of fused-ring (bicyclic) bond motifs is 1. The van der Waals surface area contributed by atoms with Crippen molar-refractivity contribution in [2.45, 2.75) is 60.3 Å². The molecule has 0 spiro atoms. The minimum atomic E-state index is 0.117. The van der Waals surface area contributed by atoms with Crippen LogP contribution in [0.5, 0.6) is 0 Å². The highest BCUT2D eigenvalue weighted by atomic mass is 14.8. The van der Waals surface area contributed by atoms with Gasteiger partial charge in [-0.3, -0.25) is 4.99 Å². The van der Waals surface area contributed by atoms with E-state index >= 15 is 0 Å². The normalized spacial score (nSPS) is 15.8. The Bertz CT molecular complexity index is 439. The molecule has 0 unspecified atom stereocenters. The second-order valence-corrected chi connectivity index (χ2v) is 5.51. The second kappa shape index (κ2) is 5.03. The van der Waals surface area contributed by atoms with Crippen LogP contribution in [0, 0.1) is 13.8 Å². The van der Waals surface area contributed by atoms with E-state index in [1.807, 2.05) is 0 Å². The molecule has 17 heavy (non-hydrogen) atoms. The molecule has 0 saturated carbocycles. The molecule has 0 radical (unpaired) electrons. The van der Waals surface area contributed by atoms with Crippen LogP contribution in [0.15, 0.2) is 17.1 Å². The first kappa shape index (κ1) is 14.0. The number of aliphatic imine (C=N–C) groups is 1. The van der Waals surface area contributed by atoms with Gasteiger partial charge in [0.15, 0.2) is 0 Å².